The highest BCUT2D eigenvalue weighted by Gasteiger charge is 2.13. The van der Waals surface area contributed by atoms with E-state index in [2.05, 4.69) is 36.4 Å². The van der Waals surface area contributed by atoms with Crippen molar-refractivity contribution in [3.05, 3.63) is 42.2 Å². The van der Waals surface area contributed by atoms with Crippen molar-refractivity contribution in [2.24, 2.45) is 0 Å². The number of hydrogen-bond acceptors (Lipinski definition) is 5. The summed E-state index contributed by atoms with van der Waals surface area (Å²) in [6.07, 6.45) is 0. The van der Waals surface area contributed by atoms with Gasteiger partial charge in [0.1, 0.15) is 11.5 Å². The molecule has 0 spiro atoms. The molecule has 28 heavy (non-hydrogen) atoms. The Bertz CT molecular complexity index is 1110. The third kappa shape index (κ3) is 3.32. The van der Waals surface area contributed by atoms with E-state index in [1.54, 1.807) is 6.07 Å². The van der Waals surface area contributed by atoms with Crippen LogP contribution < -0.4 is 5.32 Å². The number of aromatic nitrogens is 4. The summed E-state index contributed by atoms with van der Waals surface area (Å²) in [7, 11) is 0. The van der Waals surface area contributed by atoms with Crippen LogP contribution in [0, 0.1) is 5.82 Å². The summed E-state index contributed by atoms with van der Waals surface area (Å²) in [5.41, 5.74) is 4.19. The van der Waals surface area contributed by atoms with Crippen molar-refractivity contribution in [1.82, 2.24) is 25.1 Å². The Morgan fingerprint density at radius 1 is 1.11 bits per heavy atom. The molecule has 3 N–H and O–H groups in total. The summed E-state index contributed by atoms with van der Waals surface area (Å²) in [6.45, 7) is 5.49. The zero-order valence-corrected chi connectivity index (χ0v) is 15.3. The van der Waals surface area contributed by atoms with Crippen LogP contribution in [0.2, 0.25) is 0 Å². The Labute approximate surface area is 160 Å². The summed E-state index contributed by atoms with van der Waals surface area (Å²) in [5, 5.41) is 11.5. The molecule has 0 unspecified atom stereocenters. The largest absolute Gasteiger partial charge is 0.384 e. The molecule has 1 fully saturated rings. The van der Waals surface area contributed by atoms with Crippen LogP contribution in [0.3, 0.4) is 0 Å². The second kappa shape index (κ2) is 7.21. The summed E-state index contributed by atoms with van der Waals surface area (Å²) in [4.78, 5) is 10.4. The minimum atomic E-state index is -0.292. The molecule has 4 aromatic rings. The van der Waals surface area contributed by atoms with E-state index in [1.807, 2.05) is 12.1 Å². The number of H-pyrrole nitrogens is 2. The zero-order chi connectivity index (χ0) is 18.9. The number of rotatable bonds is 5. The highest BCUT2D eigenvalue weighted by molar-refractivity contribution is 5.93. The molecule has 2 aromatic carbocycles. The molecule has 1 saturated heterocycles. The lowest BCUT2D eigenvalue weighted by Crippen LogP contribution is -2.38. The smallest absolute Gasteiger partial charge is 0.159 e. The van der Waals surface area contributed by atoms with Crippen LogP contribution in [-0.2, 0) is 4.74 Å². The second-order valence-corrected chi connectivity index (χ2v) is 6.96. The van der Waals surface area contributed by atoms with E-state index in [1.165, 1.54) is 12.1 Å². The molecule has 3 heterocycles. The molecule has 0 bridgehead atoms. The first-order valence-electron chi connectivity index (χ1n) is 9.44. The molecule has 1 aliphatic rings. The number of fused-ring (bicyclic) bond motifs is 2. The van der Waals surface area contributed by atoms with Crippen molar-refractivity contribution < 1.29 is 9.13 Å². The molecule has 0 radical (unpaired) electrons. The molecular formula is C20H21FN6O. The van der Waals surface area contributed by atoms with Crippen LogP contribution in [0.5, 0.6) is 0 Å². The van der Waals surface area contributed by atoms with Crippen molar-refractivity contribution in [3.63, 3.8) is 0 Å². The fraction of sp³-hybridized carbons (Fsp3) is 0.300. The van der Waals surface area contributed by atoms with Gasteiger partial charge in [0.25, 0.3) is 0 Å². The first-order valence-corrected chi connectivity index (χ1v) is 9.44. The Balaban J connectivity index is 1.34. The molecular weight excluding hydrogens is 359 g/mol. The van der Waals surface area contributed by atoms with E-state index in [0.29, 0.717) is 17.0 Å². The average Bonchev–Trinajstić information content (AvgIpc) is 3.31. The monoisotopic (exact) mass is 380 g/mol. The number of halogens is 1. The second-order valence-electron chi connectivity index (χ2n) is 6.96. The van der Waals surface area contributed by atoms with Crippen molar-refractivity contribution in [1.29, 1.82) is 0 Å². The third-order valence-corrected chi connectivity index (χ3v) is 5.09. The molecule has 1 aliphatic heterocycles. The Morgan fingerprint density at radius 3 is 2.89 bits per heavy atom. The van der Waals surface area contributed by atoms with E-state index in [4.69, 9.17) is 4.74 Å². The molecule has 2 aromatic heterocycles. The van der Waals surface area contributed by atoms with Crippen molar-refractivity contribution in [2.45, 2.75) is 0 Å². The van der Waals surface area contributed by atoms with Gasteiger partial charge in [-0.3, -0.25) is 10.00 Å². The number of morpholine rings is 1. The average molecular weight is 380 g/mol. The van der Waals surface area contributed by atoms with Gasteiger partial charge in [-0.05, 0) is 36.4 Å². The number of ether oxygens (including phenoxy) is 1. The van der Waals surface area contributed by atoms with E-state index in [0.717, 1.165) is 61.5 Å². The first-order chi connectivity index (χ1) is 13.8. The van der Waals surface area contributed by atoms with Crippen molar-refractivity contribution in [2.75, 3.05) is 44.7 Å². The molecule has 8 heteroatoms. The highest BCUT2D eigenvalue weighted by Crippen LogP contribution is 2.27. The van der Waals surface area contributed by atoms with Crippen LogP contribution in [0.15, 0.2) is 36.4 Å². The van der Waals surface area contributed by atoms with Gasteiger partial charge in [0.15, 0.2) is 5.82 Å². The number of benzene rings is 2. The summed E-state index contributed by atoms with van der Waals surface area (Å²) in [5.74, 6) is 0.374. The normalized spacial score (nSPS) is 15.5. The molecule has 0 aliphatic carbocycles. The summed E-state index contributed by atoms with van der Waals surface area (Å²) in [6, 6.07) is 10.7. The van der Waals surface area contributed by atoms with Crippen LogP contribution in [0.1, 0.15) is 0 Å². The maximum Gasteiger partial charge on any atom is 0.159 e. The molecule has 0 saturated carbocycles. The maximum absolute atomic E-state index is 13.4. The molecule has 7 nitrogen and oxygen atoms in total. The molecule has 0 atom stereocenters. The van der Waals surface area contributed by atoms with Gasteiger partial charge in [0, 0.05) is 37.3 Å². The van der Waals surface area contributed by atoms with E-state index in [9.17, 15) is 4.39 Å². The van der Waals surface area contributed by atoms with Gasteiger partial charge in [-0.15, -0.1) is 0 Å². The number of nitrogens with zero attached hydrogens (tertiary/aromatic N) is 3. The maximum atomic E-state index is 13.4. The predicted octanol–water partition coefficient (Wildman–Crippen LogP) is 2.99. The molecule has 5 rings (SSSR count). The van der Waals surface area contributed by atoms with Crippen LogP contribution in [0.25, 0.3) is 33.5 Å². The van der Waals surface area contributed by atoms with E-state index in [-0.39, 0.29) is 5.82 Å². The lowest BCUT2D eigenvalue weighted by molar-refractivity contribution is 0.0398. The Kier molecular flexibility index (Phi) is 4.42. The predicted molar refractivity (Wildman–Crippen MR) is 107 cm³/mol. The molecule has 0 amide bonds. The first kappa shape index (κ1) is 17.2. The van der Waals surface area contributed by atoms with Gasteiger partial charge >= 0.3 is 0 Å². The molecule has 144 valence electrons. The van der Waals surface area contributed by atoms with E-state index >= 15 is 0 Å². The SMILES string of the molecule is Fc1ccc2c(-c3nc4ccc(NCCN5CCOCC5)cc4[nH]3)n[nH]c2c1. The number of anilines is 1. The van der Waals surface area contributed by atoms with Gasteiger partial charge < -0.3 is 15.0 Å². The lowest BCUT2D eigenvalue weighted by atomic mass is 10.2. The number of imidazole rings is 1. The van der Waals surface area contributed by atoms with Gasteiger partial charge in [0.05, 0.1) is 29.8 Å². The summed E-state index contributed by atoms with van der Waals surface area (Å²) < 4.78 is 18.8. The zero-order valence-electron chi connectivity index (χ0n) is 15.3. The number of nitrogens with one attached hydrogen (secondary N) is 3. The van der Waals surface area contributed by atoms with Crippen LogP contribution >= 0.6 is 0 Å². The quantitative estimate of drug-likeness (QED) is 0.496. The number of aromatic amines is 2. The van der Waals surface area contributed by atoms with E-state index < -0.39 is 0 Å². The lowest BCUT2D eigenvalue weighted by Gasteiger charge is -2.26. The fourth-order valence-corrected chi connectivity index (χ4v) is 3.59. The number of hydrogen-bond donors (Lipinski definition) is 3. The van der Waals surface area contributed by atoms with Crippen molar-refractivity contribution in [3.8, 4) is 11.5 Å². The van der Waals surface area contributed by atoms with Gasteiger partial charge in [-0.25, -0.2) is 9.37 Å². The van der Waals surface area contributed by atoms with Crippen LogP contribution in [-0.4, -0.2) is 64.5 Å². The standard InChI is InChI=1S/C20H21FN6O/c21-13-1-3-15-17(11-13)25-26-19(15)20-23-16-4-2-14(12-18(16)24-20)22-5-6-27-7-9-28-10-8-27/h1-4,11-12,22H,5-10H2,(H,23,24)(H,25,26). The van der Waals surface area contributed by atoms with Crippen molar-refractivity contribution >= 4 is 27.6 Å². The topological polar surface area (TPSA) is 81.9 Å². The minimum Gasteiger partial charge on any atom is -0.384 e. The minimum absolute atomic E-state index is 0.292. The Hall–Kier alpha value is -2.97. The van der Waals surface area contributed by atoms with Gasteiger partial charge in [-0.2, -0.15) is 5.10 Å². The third-order valence-electron chi connectivity index (χ3n) is 5.09. The Morgan fingerprint density at radius 2 is 2.00 bits per heavy atom. The highest BCUT2D eigenvalue weighted by atomic mass is 19.1. The summed E-state index contributed by atoms with van der Waals surface area (Å²) >= 11 is 0. The van der Waals surface area contributed by atoms with Crippen LogP contribution in [0.4, 0.5) is 10.1 Å². The van der Waals surface area contributed by atoms with Gasteiger partial charge in [-0.1, -0.05) is 0 Å². The van der Waals surface area contributed by atoms with Gasteiger partial charge in [0.2, 0.25) is 0 Å². The fourth-order valence-electron chi connectivity index (χ4n) is 3.59.